The summed E-state index contributed by atoms with van der Waals surface area (Å²) in [6.07, 6.45) is 3.81. The fourth-order valence-electron chi connectivity index (χ4n) is 1.33. The first kappa shape index (κ1) is 12.2. The van der Waals surface area contributed by atoms with Crippen molar-refractivity contribution < 1.29 is 14.7 Å². The van der Waals surface area contributed by atoms with E-state index in [0.717, 1.165) is 5.56 Å². The van der Waals surface area contributed by atoms with Gasteiger partial charge in [0.2, 0.25) is 0 Å². The highest BCUT2D eigenvalue weighted by atomic mass is 16.4. The van der Waals surface area contributed by atoms with Crippen LogP contribution in [0.15, 0.2) is 36.4 Å². The van der Waals surface area contributed by atoms with Gasteiger partial charge in [0.1, 0.15) is 0 Å². The molecule has 0 spiro atoms. The van der Waals surface area contributed by atoms with Crippen molar-refractivity contribution >= 4 is 11.8 Å². The molecule has 0 aliphatic rings. The second kappa shape index (κ2) is 5.85. The first-order valence-corrected chi connectivity index (χ1v) is 5.11. The summed E-state index contributed by atoms with van der Waals surface area (Å²) in [5.74, 6) is -0.846. The molecule has 0 saturated carbocycles. The Morgan fingerprint density at radius 2 is 1.88 bits per heavy atom. The standard InChI is InChI=1S/C13H14O3/c1-2-3-12(14)11-7-4-10(5-8-11)6-9-13(15)16/h2-5,7-8H,6,9H2,1H3,(H,15,16)/b3-2+. The van der Waals surface area contributed by atoms with Crippen molar-refractivity contribution in [1.82, 2.24) is 0 Å². The lowest BCUT2D eigenvalue weighted by Gasteiger charge is -2.00. The molecule has 0 bridgehead atoms. The number of aryl methyl sites for hydroxylation is 1. The second-order valence-corrected chi connectivity index (χ2v) is 3.45. The number of aliphatic carboxylic acids is 1. The van der Waals surface area contributed by atoms with E-state index in [2.05, 4.69) is 0 Å². The van der Waals surface area contributed by atoms with Crippen LogP contribution >= 0.6 is 0 Å². The Hall–Kier alpha value is -1.90. The number of benzene rings is 1. The topological polar surface area (TPSA) is 54.4 Å². The normalized spacial score (nSPS) is 10.6. The molecule has 0 amide bonds. The van der Waals surface area contributed by atoms with Crippen LogP contribution < -0.4 is 0 Å². The zero-order chi connectivity index (χ0) is 12.0. The maximum atomic E-state index is 11.4. The molecule has 3 nitrogen and oxygen atoms in total. The SMILES string of the molecule is C/C=C/C(=O)c1ccc(CCC(=O)O)cc1. The third kappa shape index (κ3) is 3.69. The number of carboxylic acids is 1. The lowest BCUT2D eigenvalue weighted by atomic mass is 10.0. The number of hydrogen-bond acceptors (Lipinski definition) is 2. The number of rotatable bonds is 5. The van der Waals surface area contributed by atoms with Crippen LogP contribution in [0.2, 0.25) is 0 Å². The predicted molar refractivity (Wildman–Crippen MR) is 61.5 cm³/mol. The van der Waals surface area contributed by atoms with Crippen molar-refractivity contribution in [3.8, 4) is 0 Å². The van der Waals surface area contributed by atoms with Gasteiger partial charge in [-0.05, 0) is 25.0 Å². The van der Waals surface area contributed by atoms with Crippen LogP contribution in [0.25, 0.3) is 0 Å². The number of hydrogen-bond donors (Lipinski definition) is 1. The summed E-state index contributed by atoms with van der Waals surface area (Å²) in [6.45, 7) is 1.79. The van der Waals surface area contributed by atoms with Crippen LogP contribution in [0.1, 0.15) is 29.3 Å². The van der Waals surface area contributed by atoms with Gasteiger partial charge in [0.25, 0.3) is 0 Å². The molecule has 0 radical (unpaired) electrons. The molecule has 1 aromatic carbocycles. The van der Waals surface area contributed by atoms with Gasteiger partial charge < -0.3 is 5.11 Å². The van der Waals surface area contributed by atoms with Crippen molar-refractivity contribution in [2.75, 3.05) is 0 Å². The first-order valence-electron chi connectivity index (χ1n) is 5.11. The quantitative estimate of drug-likeness (QED) is 0.610. The zero-order valence-electron chi connectivity index (χ0n) is 9.14. The van der Waals surface area contributed by atoms with Gasteiger partial charge in [0.05, 0.1) is 0 Å². The summed E-state index contributed by atoms with van der Waals surface area (Å²) >= 11 is 0. The van der Waals surface area contributed by atoms with Crippen molar-refractivity contribution in [3.63, 3.8) is 0 Å². The summed E-state index contributed by atoms with van der Waals surface area (Å²) in [5.41, 5.74) is 1.55. The molecule has 16 heavy (non-hydrogen) atoms. The molecule has 3 heteroatoms. The largest absolute Gasteiger partial charge is 0.481 e. The van der Waals surface area contributed by atoms with Crippen LogP contribution in [0.5, 0.6) is 0 Å². The Balaban J connectivity index is 2.67. The Bertz CT molecular complexity index is 402. The molecule has 0 unspecified atom stereocenters. The van der Waals surface area contributed by atoms with Gasteiger partial charge in [-0.2, -0.15) is 0 Å². The maximum Gasteiger partial charge on any atom is 0.303 e. The molecule has 0 atom stereocenters. The summed E-state index contributed by atoms with van der Waals surface area (Å²) in [4.78, 5) is 21.8. The minimum atomic E-state index is -0.811. The molecule has 84 valence electrons. The third-order valence-electron chi connectivity index (χ3n) is 2.18. The minimum Gasteiger partial charge on any atom is -0.481 e. The lowest BCUT2D eigenvalue weighted by molar-refractivity contribution is -0.136. The van der Waals surface area contributed by atoms with Gasteiger partial charge in [-0.25, -0.2) is 0 Å². The van der Waals surface area contributed by atoms with Crippen LogP contribution in [-0.4, -0.2) is 16.9 Å². The molecular weight excluding hydrogens is 204 g/mol. The van der Waals surface area contributed by atoms with Crippen molar-refractivity contribution in [1.29, 1.82) is 0 Å². The van der Waals surface area contributed by atoms with Gasteiger partial charge in [0.15, 0.2) is 5.78 Å². The molecule has 0 saturated heterocycles. The number of allylic oxidation sites excluding steroid dienone is 2. The first-order chi connectivity index (χ1) is 7.63. The fraction of sp³-hybridized carbons (Fsp3) is 0.231. The lowest BCUT2D eigenvalue weighted by Crippen LogP contribution is -1.98. The monoisotopic (exact) mass is 218 g/mol. The van der Waals surface area contributed by atoms with E-state index in [0.29, 0.717) is 12.0 Å². The van der Waals surface area contributed by atoms with Crippen LogP contribution in [0.4, 0.5) is 0 Å². The van der Waals surface area contributed by atoms with Crippen LogP contribution in [0, 0.1) is 0 Å². The molecule has 0 aliphatic carbocycles. The Kier molecular flexibility index (Phi) is 4.45. The number of carbonyl (C=O) groups is 2. The molecule has 0 heterocycles. The summed E-state index contributed by atoms with van der Waals surface area (Å²) in [7, 11) is 0. The average Bonchev–Trinajstić information content (AvgIpc) is 2.27. The van der Waals surface area contributed by atoms with Gasteiger partial charge in [-0.1, -0.05) is 30.3 Å². The highest BCUT2D eigenvalue weighted by Crippen LogP contribution is 2.08. The van der Waals surface area contributed by atoms with Gasteiger partial charge in [-0.3, -0.25) is 9.59 Å². The second-order valence-electron chi connectivity index (χ2n) is 3.45. The summed E-state index contributed by atoms with van der Waals surface area (Å²) in [6, 6.07) is 7.03. The predicted octanol–water partition coefficient (Wildman–Crippen LogP) is 2.46. The van der Waals surface area contributed by atoms with E-state index in [-0.39, 0.29) is 12.2 Å². The molecule has 1 aromatic rings. The molecule has 1 rings (SSSR count). The zero-order valence-corrected chi connectivity index (χ0v) is 9.14. The van der Waals surface area contributed by atoms with E-state index >= 15 is 0 Å². The van der Waals surface area contributed by atoms with E-state index in [1.165, 1.54) is 6.08 Å². The number of ketones is 1. The number of carbonyl (C=O) groups excluding carboxylic acids is 1. The Morgan fingerprint density at radius 3 is 2.38 bits per heavy atom. The summed E-state index contributed by atoms with van der Waals surface area (Å²) < 4.78 is 0. The molecular formula is C13H14O3. The van der Waals surface area contributed by atoms with E-state index < -0.39 is 5.97 Å². The van der Waals surface area contributed by atoms with Crippen molar-refractivity contribution in [2.45, 2.75) is 19.8 Å². The van der Waals surface area contributed by atoms with Gasteiger partial charge in [-0.15, -0.1) is 0 Å². The molecule has 0 aliphatic heterocycles. The van der Waals surface area contributed by atoms with Gasteiger partial charge >= 0.3 is 5.97 Å². The van der Waals surface area contributed by atoms with Crippen molar-refractivity contribution in [2.24, 2.45) is 0 Å². The molecule has 0 fully saturated rings. The highest BCUT2D eigenvalue weighted by molar-refractivity contribution is 6.04. The molecule has 1 N–H and O–H groups in total. The third-order valence-corrected chi connectivity index (χ3v) is 2.18. The number of carboxylic acid groups (broad SMARTS) is 1. The van der Waals surface area contributed by atoms with Crippen LogP contribution in [0.3, 0.4) is 0 Å². The smallest absolute Gasteiger partial charge is 0.303 e. The summed E-state index contributed by atoms with van der Waals surface area (Å²) in [5, 5.41) is 8.52. The maximum absolute atomic E-state index is 11.4. The fourth-order valence-corrected chi connectivity index (χ4v) is 1.33. The molecule has 0 aromatic heterocycles. The highest BCUT2D eigenvalue weighted by Gasteiger charge is 2.02. The van der Waals surface area contributed by atoms with E-state index in [1.54, 1.807) is 37.3 Å². The Labute approximate surface area is 94.4 Å². The van der Waals surface area contributed by atoms with E-state index in [1.807, 2.05) is 0 Å². The minimum absolute atomic E-state index is 0.0349. The van der Waals surface area contributed by atoms with E-state index in [4.69, 9.17) is 5.11 Å². The van der Waals surface area contributed by atoms with Crippen LogP contribution in [-0.2, 0) is 11.2 Å². The van der Waals surface area contributed by atoms with Gasteiger partial charge in [0, 0.05) is 12.0 Å². The Morgan fingerprint density at radius 1 is 1.25 bits per heavy atom. The average molecular weight is 218 g/mol. The van der Waals surface area contributed by atoms with Crippen molar-refractivity contribution in [3.05, 3.63) is 47.5 Å². The van der Waals surface area contributed by atoms with E-state index in [9.17, 15) is 9.59 Å².